The Hall–Kier alpha value is -2.13. The van der Waals surface area contributed by atoms with Crippen molar-refractivity contribution in [3.63, 3.8) is 0 Å². The zero-order chi connectivity index (χ0) is 13.1. The Balaban J connectivity index is 1.83. The SMILES string of the molecule is Cc1cccc(C2NC(c3ccccc3)=NCO2)c1. The molecular formula is C16H16N2O. The first-order valence-corrected chi connectivity index (χ1v) is 6.37. The fourth-order valence-corrected chi connectivity index (χ4v) is 2.17. The van der Waals surface area contributed by atoms with Gasteiger partial charge in [0.2, 0.25) is 0 Å². The third-order valence-electron chi connectivity index (χ3n) is 3.12. The molecule has 0 aromatic heterocycles. The van der Waals surface area contributed by atoms with Gasteiger partial charge >= 0.3 is 0 Å². The minimum Gasteiger partial charge on any atom is -0.341 e. The van der Waals surface area contributed by atoms with Crippen LogP contribution in [0.4, 0.5) is 0 Å². The molecule has 0 fully saturated rings. The van der Waals surface area contributed by atoms with Crippen LogP contribution in [0.1, 0.15) is 22.9 Å². The first-order valence-electron chi connectivity index (χ1n) is 6.37. The first-order chi connectivity index (χ1) is 9.33. The Morgan fingerprint density at radius 3 is 2.74 bits per heavy atom. The molecule has 0 radical (unpaired) electrons. The molecule has 96 valence electrons. The first kappa shape index (κ1) is 11.9. The van der Waals surface area contributed by atoms with Crippen molar-refractivity contribution >= 4 is 5.84 Å². The van der Waals surface area contributed by atoms with E-state index in [1.54, 1.807) is 0 Å². The van der Waals surface area contributed by atoms with Gasteiger partial charge in [-0.3, -0.25) is 0 Å². The second-order valence-electron chi connectivity index (χ2n) is 4.61. The average Bonchev–Trinajstić information content (AvgIpc) is 2.48. The van der Waals surface area contributed by atoms with E-state index in [1.807, 2.05) is 36.4 Å². The Bertz CT molecular complexity index is 593. The van der Waals surface area contributed by atoms with E-state index in [2.05, 4.69) is 35.4 Å². The Morgan fingerprint density at radius 1 is 1.11 bits per heavy atom. The van der Waals surface area contributed by atoms with Crippen LogP contribution < -0.4 is 5.32 Å². The Kier molecular flexibility index (Phi) is 3.29. The molecule has 0 saturated carbocycles. The highest BCUT2D eigenvalue weighted by Gasteiger charge is 2.18. The lowest BCUT2D eigenvalue weighted by Crippen LogP contribution is -2.35. The van der Waals surface area contributed by atoms with Crippen molar-refractivity contribution in [3.05, 3.63) is 71.3 Å². The molecule has 19 heavy (non-hydrogen) atoms. The molecule has 2 aromatic rings. The van der Waals surface area contributed by atoms with Gasteiger partial charge in [-0.15, -0.1) is 0 Å². The number of aryl methyl sites for hydroxylation is 1. The van der Waals surface area contributed by atoms with Gasteiger partial charge < -0.3 is 10.1 Å². The van der Waals surface area contributed by atoms with Crippen molar-refractivity contribution < 1.29 is 4.74 Å². The van der Waals surface area contributed by atoms with Gasteiger partial charge in [-0.2, -0.15) is 0 Å². The van der Waals surface area contributed by atoms with Gasteiger partial charge in [0.1, 0.15) is 12.6 Å². The van der Waals surface area contributed by atoms with Crippen molar-refractivity contribution in [1.29, 1.82) is 0 Å². The number of rotatable bonds is 2. The minimum absolute atomic E-state index is 0.132. The zero-order valence-electron chi connectivity index (χ0n) is 10.8. The van der Waals surface area contributed by atoms with Gasteiger partial charge in [0.15, 0.2) is 6.23 Å². The van der Waals surface area contributed by atoms with Crippen molar-refractivity contribution in [2.45, 2.75) is 13.2 Å². The summed E-state index contributed by atoms with van der Waals surface area (Å²) in [7, 11) is 0. The number of hydrogen-bond acceptors (Lipinski definition) is 3. The number of hydrogen-bond donors (Lipinski definition) is 1. The molecule has 1 N–H and O–H groups in total. The van der Waals surface area contributed by atoms with Crippen LogP contribution in [0.5, 0.6) is 0 Å². The summed E-state index contributed by atoms with van der Waals surface area (Å²) in [6.45, 7) is 2.47. The number of amidine groups is 1. The maximum absolute atomic E-state index is 5.67. The molecule has 1 atom stereocenters. The third-order valence-corrected chi connectivity index (χ3v) is 3.12. The van der Waals surface area contributed by atoms with Gasteiger partial charge in [0.05, 0.1) is 0 Å². The van der Waals surface area contributed by atoms with Crippen molar-refractivity contribution in [3.8, 4) is 0 Å². The molecule has 3 nitrogen and oxygen atoms in total. The van der Waals surface area contributed by atoms with E-state index in [1.165, 1.54) is 5.56 Å². The molecule has 0 spiro atoms. The summed E-state index contributed by atoms with van der Waals surface area (Å²) in [4.78, 5) is 4.38. The molecule has 1 heterocycles. The minimum atomic E-state index is -0.132. The predicted molar refractivity (Wildman–Crippen MR) is 76.0 cm³/mol. The second kappa shape index (κ2) is 5.24. The Morgan fingerprint density at radius 2 is 1.95 bits per heavy atom. The number of benzene rings is 2. The summed E-state index contributed by atoms with van der Waals surface area (Å²) in [6, 6.07) is 18.4. The number of nitrogens with one attached hydrogen (secondary N) is 1. The summed E-state index contributed by atoms with van der Waals surface area (Å²) in [5.41, 5.74) is 3.44. The highest BCUT2D eigenvalue weighted by atomic mass is 16.5. The molecule has 0 aliphatic carbocycles. The van der Waals surface area contributed by atoms with Gasteiger partial charge in [0.25, 0.3) is 0 Å². The molecular weight excluding hydrogens is 236 g/mol. The zero-order valence-corrected chi connectivity index (χ0v) is 10.8. The van der Waals surface area contributed by atoms with Gasteiger partial charge in [-0.1, -0.05) is 60.2 Å². The van der Waals surface area contributed by atoms with Gasteiger partial charge in [-0.05, 0) is 6.92 Å². The van der Waals surface area contributed by atoms with Crippen LogP contribution in [0.3, 0.4) is 0 Å². The molecule has 1 unspecified atom stereocenters. The normalized spacial score (nSPS) is 18.6. The van der Waals surface area contributed by atoms with Crippen LogP contribution in [0.15, 0.2) is 59.6 Å². The largest absolute Gasteiger partial charge is 0.341 e. The predicted octanol–water partition coefficient (Wildman–Crippen LogP) is 3.02. The summed E-state index contributed by atoms with van der Waals surface area (Å²) in [5.74, 6) is 0.887. The monoisotopic (exact) mass is 252 g/mol. The van der Waals surface area contributed by atoms with E-state index in [0.717, 1.165) is 17.0 Å². The van der Waals surface area contributed by atoms with Crippen molar-refractivity contribution in [1.82, 2.24) is 5.32 Å². The number of nitrogens with zero attached hydrogens (tertiary/aromatic N) is 1. The molecule has 0 amide bonds. The maximum Gasteiger partial charge on any atom is 0.157 e. The molecule has 3 rings (SSSR count). The van der Waals surface area contributed by atoms with Crippen LogP contribution in [-0.4, -0.2) is 12.6 Å². The summed E-state index contributed by atoms with van der Waals surface area (Å²) < 4.78 is 5.67. The Labute approximate surface area is 113 Å². The molecule has 3 heteroatoms. The lowest BCUT2D eigenvalue weighted by Gasteiger charge is -2.25. The molecule has 1 aliphatic heterocycles. The lowest BCUT2D eigenvalue weighted by molar-refractivity contribution is 0.0375. The van der Waals surface area contributed by atoms with E-state index in [9.17, 15) is 0 Å². The topological polar surface area (TPSA) is 33.6 Å². The molecule has 1 aliphatic rings. The maximum atomic E-state index is 5.67. The van der Waals surface area contributed by atoms with E-state index in [-0.39, 0.29) is 6.23 Å². The third kappa shape index (κ3) is 2.66. The number of ether oxygens (including phenoxy) is 1. The van der Waals surface area contributed by atoms with Crippen LogP contribution >= 0.6 is 0 Å². The van der Waals surface area contributed by atoms with Gasteiger partial charge in [0, 0.05) is 11.1 Å². The fourth-order valence-electron chi connectivity index (χ4n) is 2.17. The van der Waals surface area contributed by atoms with Crippen LogP contribution in [0.2, 0.25) is 0 Å². The van der Waals surface area contributed by atoms with E-state index < -0.39 is 0 Å². The van der Waals surface area contributed by atoms with Crippen molar-refractivity contribution in [2.75, 3.05) is 6.73 Å². The lowest BCUT2D eigenvalue weighted by atomic mass is 10.1. The van der Waals surface area contributed by atoms with E-state index in [4.69, 9.17) is 4.74 Å². The highest BCUT2D eigenvalue weighted by Crippen LogP contribution is 2.19. The van der Waals surface area contributed by atoms with E-state index >= 15 is 0 Å². The van der Waals surface area contributed by atoms with Crippen LogP contribution in [0.25, 0.3) is 0 Å². The van der Waals surface area contributed by atoms with Crippen molar-refractivity contribution in [2.24, 2.45) is 4.99 Å². The number of aliphatic imine (C=N–C) groups is 1. The average molecular weight is 252 g/mol. The van der Waals surface area contributed by atoms with Gasteiger partial charge in [-0.25, -0.2) is 4.99 Å². The van der Waals surface area contributed by atoms with E-state index in [0.29, 0.717) is 6.73 Å². The molecule has 2 aromatic carbocycles. The van der Waals surface area contributed by atoms with Crippen LogP contribution in [0, 0.1) is 6.92 Å². The highest BCUT2D eigenvalue weighted by molar-refractivity contribution is 5.99. The second-order valence-corrected chi connectivity index (χ2v) is 4.61. The fraction of sp³-hybridized carbons (Fsp3) is 0.188. The van der Waals surface area contributed by atoms with Crippen LogP contribution in [-0.2, 0) is 4.74 Å². The quantitative estimate of drug-likeness (QED) is 0.891. The molecule has 0 saturated heterocycles. The smallest absolute Gasteiger partial charge is 0.157 e. The summed E-state index contributed by atoms with van der Waals surface area (Å²) in [5, 5.41) is 3.34. The molecule has 0 bridgehead atoms. The standard InChI is InChI=1S/C16H16N2O/c1-12-6-5-9-14(10-12)16-18-15(17-11-19-16)13-7-3-2-4-8-13/h2-10,16H,11H2,1H3,(H,17,18). The summed E-state index contributed by atoms with van der Waals surface area (Å²) >= 11 is 0. The summed E-state index contributed by atoms with van der Waals surface area (Å²) in [6.07, 6.45) is -0.132.